The lowest BCUT2D eigenvalue weighted by molar-refractivity contribution is -0.158. The predicted molar refractivity (Wildman–Crippen MR) is 65.7 cm³/mol. The van der Waals surface area contributed by atoms with Gasteiger partial charge in [-0.25, -0.2) is 9.78 Å². The molecule has 1 amide bonds. The van der Waals surface area contributed by atoms with E-state index in [1.165, 1.54) is 0 Å². The maximum Gasteiger partial charge on any atom is 0.326 e. The summed E-state index contributed by atoms with van der Waals surface area (Å²) in [4.78, 5) is 37.8. The second kappa shape index (κ2) is 6.13. The van der Waals surface area contributed by atoms with Crippen LogP contribution >= 0.6 is 0 Å². The standard InChI is InChI=1S/C11H16N4O5/c1-11(2,3)20-7(16)4-6(10(18)19)14-9(17)8-12-5-13-15-8/h5-6H,4H2,1-3H3,(H,14,17)(H,18,19)(H,12,13,15)/t6-/m0/s1. The molecule has 1 aromatic rings. The zero-order chi connectivity index (χ0) is 15.3. The van der Waals surface area contributed by atoms with E-state index in [-0.39, 0.29) is 5.82 Å². The van der Waals surface area contributed by atoms with Crippen LogP contribution in [-0.2, 0) is 14.3 Å². The number of aromatic amines is 1. The van der Waals surface area contributed by atoms with E-state index < -0.39 is 35.9 Å². The number of carbonyl (C=O) groups excluding carboxylic acids is 2. The molecule has 1 heterocycles. The summed E-state index contributed by atoms with van der Waals surface area (Å²) in [6, 6.07) is -1.40. The van der Waals surface area contributed by atoms with Crippen LogP contribution in [-0.4, -0.2) is 49.8 Å². The molecular weight excluding hydrogens is 268 g/mol. The largest absolute Gasteiger partial charge is 0.480 e. The van der Waals surface area contributed by atoms with Crippen LogP contribution in [0.25, 0.3) is 0 Å². The van der Waals surface area contributed by atoms with Gasteiger partial charge in [0.05, 0.1) is 6.42 Å². The molecule has 0 aromatic carbocycles. The lowest BCUT2D eigenvalue weighted by Gasteiger charge is -2.21. The Bertz CT molecular complexity index is 491. The highest BCUT2D eigenvalue weighted by Crippen LogP contribution is 2.09. The normalized spacial score (nSPS) is 12.6. The zero-order valence-electron chi connectivity index (χ0n) is 11.3. The van der Waals surface area contributed by atoms with Crippen LogP contribution in [0.4, 0.5) is 0 Å². The Labute approximate surface area is 114 Å². The monoisotopic (exact) mass is 284 g/mol. The van der Waals surface area contributed by atoms with E-state index >= 15 is 0 Å². The van der Waals surface area contributed by atoms with Gasteiger partial charge >= 0.3 is 11.9 Å². The number of aliphatic carboxylic acids is 1. The number of hydrogen-bond acceptors (Lipinski definition) is 6. The second-order valence-corrected chi connectivity index (χ2v) is 4.99. The minimum atomic E-state index is -1.40. The van der Waals surface area contributed by atoms with Crippen LogP contribution in [0, 0.1) is 0 Å². The van der Waals surface area contributed by atoms with Crippen LogP contribution in [0.15, 0.2) is 6.33 Å². The minimum absolute atomic E-state index is 0.138. The highest BCUT2D eigenvalue weighted by molar-refractivity contribution is 5.94. The van der Waals surface area contributed by atoms with Crippen molar-refractivity contribution in [2.75, 3.05) is 0 Å². The number of rotatable bonds is 5. The van der Waals surface area contributed by atoms with Crippen molar-refractivity contribution in [2.24, 2.45) is 0 Å². The highest BCUT2D eigenvalue weighted by Gasteiger charge is 2.27. The number of carbonyl (C=O) groups is 3. The first kappa shape index (κ1) is 15.6. The summed E-state index contributed by atoms with van der Waals surface area (Å²) in [6.45, 7) is 4.98. The van der Waals surface area contributed by atoms with E-state index in [2.05, 4.69) is 20.5 Å². The predicted octanol–water partition coefficient (Wildman–Crippen LogP) is -0.280. The van der Waals surface area contributed by atoms with Crippen LogP contribution in [0.5, 0.6) is 0 Å². The molecule has 20 heavy (non-hydrogen) atoms. The van der Waals surface area contributed by atoms with Gasteiger partial charge in [-0.2, -0.15) is 5.10 Å². The summed E-state index contributed by atoms with van der Waals surface area (Å²) in [7, 11) is 0. The number of ether oxygens (including phenoxy) is 1. The van der Waals surface area contributed by atoms with Gasteiger partial charge in [-0.3, -0.25) is 14.7 Å². The third-order valence-electron chi connectivity index (χ3n) is 2.02. The van der Waals surface area contributed by atoms with Gasteiger partial charge in [0.1, 0.15) is 18.0 Å². The molecule has 1 atom stereocenters. The van der Waals surface area contributed by atoms with Crippen LogP contribution in [0.1, 0.15) is 37.8 Å². The minimum Gasteiger partial charge on any atom is -0.480 e. The molecule has 0 spiro atoms. The van der Waals surface area contributed by atoms with Crippen molar-refractivity contribution >= 4 is 17.8 Å². The molecule has 1 aromatic heterocycles. The highest BCUT2D eigenvalue weighted by atomic mass is 16.6. The Balaban J connectivity index is 2.64. The van der Waals surface area contributed by atoms with Crippen LogP contribution in [0.3, 0.4) is 0 Å². The number of amides is 1. The number of nitrogens with one attached hydrogen (secondary N) is 2. The third-order valence-corrected chi connectivity index (χ3v) is 2.02. The number of hydrogen-bond donors (Lipinski definition) is 3. The van der Waals surface area contributed by atoms with Crippen molar-refractivity contribution < 1.29 is 24.2 Å². The number of nitrogens with zero attached hydrogens (tertiary/aromatic N) is 2. The van der Waals surface area contributed by atoms with Crippen LogP contribution in [0.2, 0.25) is 0 Å². The molecule has 0 bridgehead atoms. The quantitative estimate of drug-likeness (QED) is 0.633. The molecule has 0 aliphatic carbocycles. The zero-order valence-corrected chi connectivity index (χ0v) is 11.3. The molecule has 0 aliphatic heterocycles. The number of carboxylic acid groups (broad SMARTS) is 1. The Morgan fingerprint density at radius 2 is 2.10 bits per heavy atom. The summed E-state index contributed by atoms with van der Waals surface area (Å²) >= 11 is 0. The summed E-state index contributed by atoms with van der Waals surface area (Å²) in [5.41, 5.74) is -0.727. The number of aromatic nitrogens is 3. The average Bonchev–Trinajstić information content (AvgIpc) is 2.78. The Morgan fingerprint density at radius 1 is 1.45 bits per heavy atom. The fourth-order valence-electron chi connectivity index (χ4n) is 1.29. The molecule has 0 saturated heterocycles. The van der Waals surface area contributed by atoms with Crippen molar-refractivity contribution in [3.8, 4) is 0 Å². The Kier molecular flexibility index (Phi) is 4.78. The van der Waals surface area contributed by atoms with Gasteiger partial charge in [0.2, 0.25) is 5.82 Å². The summed E-state index contributed by atoms with van der Waals surface area (Å²) < 4.78 is 5.00. The van der Waals surface area contributed by atoms with Crippen molar-refractivity contribution in [3.05, 3.63) is 12.2 Å². The molecule has 0 unspecified atom stereocenters. The maximum atomic E-state index is 11.6. The first-order valence-corrected chi connectivity index (χ1v) is 5.80. The van der Waals surface area contributed by atoms with E-state index in [4.69, 9.17) is 9.84 Å². The van der Waals surface area contributed by atoms with E-state index in [9.17, 15) is 14.4 Å². The van der Waals surface area contributed by atoms with Gasteiger partial charge in [0, 0.05) is 0 Å². The van der Waals surface area contributed by atoms with Crippen LogP contribution < -0.4 is 5.32 Å². The average molecular weight is 284 g/mol. The first-order chi connectivity index (χ1) is 9.19. The molecule has 3 N–H and O–H groups in total. The van der Waals surface area contributed by atoms with E-state index in [1.807, 2.05) is 0 Å². The topological polar surface area (TPSA) is 134 Å². The second-order valence-electron chi connectivity index (χ2n) is 4.99. The molecule has 0 fully saturated rings. The van der Waals surface area contributed by atoms with Gasteiger partial charge in [-0.15, -0.1) is 0 Å². The molecule has 1 rings (SSSR count). The Hall–Kier alpha value is -2.45. The lowest BCUT2D eigenvalue weighted by Crippen LogP contribution is -2.43. The van der Waals surface area contributed by atoms with Gasteiger partial charge in [0.15, 0.2) is 0 Å². The summed E-state index contributed by atoms with van der Waals surface area (Å²) in [6.07, 6.45) is 0.630. The summed E-state index contributed by atoms with van der Waals surface area (Å²) in [5, 5.41) is 16.9. The number of esters is 1. The van der Waals surface area contributed by atoms with E-state index in [1.54, 1.807) is 20.8 Å². The van der Waals surface area contributed by atoms with Gasteiger partial charge in [-0.05, 0) is 20.8 Å². The lowest BCUT2D eigenvalue weighted by atomic mass is 10.1. The molecule has 0 saturated carbocycles. The van der Waals surface area contributed by atoms with E-state index in [0.29, 0.717) is 0 Å². The van der Waals surface area contributed by atoms with Crippen molar-refractivity contribution in [1.29, 1.82) is 0 Å². The first-order valence-electron chi connectivity index (χ1n) is 5.80. The van der Waals surface area contributed by atoms with Gasteiger partial charge in [-0.1, -0.05) is 0 Å². The fraction of sp³-hybridized carbons (Fsp3) is 0.545. The molecule has 9 heteroatoms. The molecule has 0 aliphatic rings. The molecule has 9 nitrogen and oxygen atoms in total. The summed E-state index contributed by atoms with van der Waals surface area (Å²) in [5.74, 6) is -2.97. The van der Waals surface area contributed by atoms with Gasteiger partial charge < -0.3 is 15.2 Å². The van der Waals surface area contributed by atoms with Crippen molar-refractivity contribution in [3.63, 3.8) is 0 Å². The molecule has 0 radical (unpaired) electrons. The van der Waals surface area contributed by atoms with Crippen molar-refractivity contribution in [1.82, 2.24) is 20.5 Å². The number of carboxylic acids is 1. The maximum absolute atomic E-state index is 11.6. The van der Waals surface area contributed by atoms with Gasteiger partial charge in [0.25, 0.3) is 5.91 Å². The fourth-order valence-corrected chi connectivity index (χ4v) is 1.29. The smallest absolute Gasteiger partial charge is 0.326 e. The molecule has 110 valence electrons. The van der Waals surface area contributed by atoms with E-state index in [0.717, 1.165) is 6.33 Å². The SMILES string of the molecule is CC(C)(C)OC(=O)C[C@H](NC(=O)c1ncn[nH]1)C(=O)O. The Morgan fingerprint density at radius 3 is 2.55 bits per heavy atom. The number of H-pyrrole nitrogens is 1. The third kappa shape index (κ3) is 5.04. The molecular formula is C11H16N4O5. The van der Waals surface area contributed by atoms with Crippen molar-refractivity contribution in [2.45, 2.75) is 38.8 Å².